The Morgan fingerprint density at radius 2 is 1.41 bits per heavy atom. The summed E-state index contributed by atoms with van der Waals surface area (Å²) in [7, 11) is 0. The Bertz CT molecular complexity index is 1690. The maximum Gasteiger partial charge on any atom is 0.432 e. The maximum absolute atomic E-state index is 15.2. The third-order valence-corrected chi connectivity index (χ3v) is 8.05. The Morgan fingerprint density at radius 3 is 2.00 bits per heavy atom. The molecule has 0 amide bonds. The highest BCUT2D eigenvalue weighted by Gasteiger charge is 2.41. The van der Waals surface area contributed by atoms with Crippen molar-refractivity contribution in [3.63, 3.8) is 0 Å². The van der Waals surface area contributed by atoms with Crippen LogP contribution >= 0.6 is 0 Å². The SMILES string of the molecule is CCC=CC1CCC(c2ccc(-c3ccc(-c4cc(F)c(C(F)(F)Oc5ccc(C#N)c(F)c5)c(F)c4)c(F)c3)cc2)CC1. The van der Waals surface area contributed by atoms with Gasteiger partial charge in [-0.2, -0.15) is 14.0 Å². The van der Waals surface area contributed by atoms with Gasteiger partial charge in [-0.25, -0.2) is 17.6 Å². The molecule has 1 saturated carbocycles. The Labute approximate surface area is 252 Å². The average Bonchev–Trinajstić information content (AvgIpc) is 2.99. The first-order valence-electron chi connectivity index (χ1n) is 14.4. The Hall–Kier alpha value is -4.51. The summed E-state index contributed by atoms with van der Waals surface area (Å²) < 4.78 is 92.8. The molecule has 2 nitrogen and oxygen atoms in total. The van der Waals surface area contributed by atoms with E-state index in [0.29, 0.717) is 35.6 Å². The van der Waals surface area contributed by atoms with Gasteiger partial charge in [0.15, 0.2) is 0 Å². The van der Waals surface area contributed by atoms with Crippen LogP contribution in [-0.4, -0.2) is 0 Å². The predicted octanol–water partition coefficient (Wildman–Crippen LogP) is 10.8. The lowest BCUT2D eigenvalue weighted by atomic mass is 9.78. The smallest absolute Gasteiger partial charge is 0.429 e. The van der Waals surface area contributed by atoms with Crippen molar-refractivity contribution in [2.24, 2.45) is 5.92 Å². The van der Waals surface area contributed by atoms with E-state index in [4.69, 9.17) is 5.26 Å². The third-order valence-electron chi connectivity index (χ3n) is 8.05. The van der Waals surface area contributed by atoms with Gasteiger partial charge in [0, 0.05) is 11.6 Å². The molecular weight excluding hydrogens is 576 g/mol. The highest BCUT2D eigenvalue weighted by molar-refractivity contribution is 5.71. The molecule has 4 aromatic carbocycles. The number of ether oxygens (including phenoxy) is 1. The van der Waals surface area contributed by atoms with Gasteiger partial charge < -0.3 is 4.74 Å². The Morgan fingerprint density at radius 1 is 0.773 bits per heavy atom. The molecule has 4 aromatic rings. The number of rotatable bonds is 8. The number of benzene rings is 4. The van der Waals surface area contributed by atoms with E-state index in [1.165, 1.54) is 23.8 Å². The van der Waals surface area contributed by atoms with Crippen molar-refractivity contribution in [1.82, 2.24) is 0 Å². The number of nitriles is 1. The summed E-state index contributed by atoms with van der Waals surface area (Å²) in [5.74, 6) is -4.89. The lowest BCUT2D eigenvalue weighted by Crippen LogP contribution is -2.25. The molecule has 1 aliphatic rings. The van der Waals surface area contributed by atoms with E-state index in [-0.39, 0.29) is 11.1 Å². The summed E-state index contributed by atoms with van der Waals surface area (Å²) in [5, 5.41) is 8.78. The van der Waals surface area contributed by atoms with Crippen molar-refractivity contribution in [3.05, 3.63) is 125 Å². The number of nitrogens with zero attached hydrogens (tertiary/aromatic N) is 1. The minimum Gasteiger partial charge on any atom is -0.429 e. The van der Waals surface area contributed by atoms with Crippen LogP contribution in [0, 0.1) is 40.5 Å². The fourth-order valence-corrected chi connectivity index (χ4v) is 5.71. The minimum atomic E-state index is -4.53. The molecule has 0 radical (unpaired) electrons. The van der Waals surface area contributed by atoms with Crippen LogP contribution in [0.5, 0.6) is 5.75 Å². The molecule has 0 saturated heterocycles. The van der Waals surface area contributed by atoms with E-state index < -0.39 is 46.3 Å². The first-order valence-corrected chi connectivity index (χ1v) is 14.4. The van der Waals surface area contributed by atoms with Gasteiger partial charge in [-0.15, -0.1) is 0 Å². The average molecular weight is 606 g/mol. The second-order valence-corrected chi connectivity index (χ2v) is 11.0. The first-order chi connectivity index (χ1) is 21.1. The Kier molecular flexibility index (Phi) is 9.14. The highest BCUT2D eigenvalue weighted by Crippen LogP contribution is 2.39. The summed E-state index contributed by atoms with van der Waals surface area (Å²) in [4.78, 5) is 0. The lowest BCUT2D eigenvalue weighted by Gasteiger charge is -2.27. The summed E-state index contributed by atoms with van der Waals surface area (Å²) >= 11 is 0. The van der Waals surface area contributed by atoms with Gasteiger partial charge in [0.05, 0.1) is 5.56 Å². The number of hydrogen-bond acceptors (Lipinski definition) is 2. The molecular formula is C36H29F6NO. The molecule has 0 N–H and O–H groups in total. The monoisotopic (exact) mass is 605 g/mol. The van der Waals surface area contributed by atoms with Gasteiger partial charge in [-0.3, -0.25) is 0 Å². The second-order valence-electron chi connectivity index (χ2n) is 11.0. The van der Waals surface area contributed by atoms with Crippen molar-refractivity contribution >= 4 is 0 Å². The topological polar surface area (TPSA) is 33.0 Å². The van der Waals surface area contributed by atoms with Gasteiger partial charge in [-0.05, 0) is 96.5 Å². The van der Waals surface area contributed by atoms with Gasteiger partial charge >= 0.3 is 6.11 Å². The molecule has 0 bridgehead atoms. The standard InChI is InChI=1S/C36H29F6NO/c1-2-3-4-22-5-7-23(8-6-22)24-9-11-25(12-10-24)26-14-16-30(32(38)17-26)28-18-33(39)35(34(40)19-28)36(41,42)44-29-15-13-27(21-43)31(37)20-29/h3-4,9-20,22-23H,2,5-8H2,1H3. The second kappa shape index (κ2) is 13.0. The first kappa shape index (κ1) is 30.9. The zero-order valence-electron chi connectivity index (χ0n) is 23.9. The van der Waals surface area contributed by atoms with Crippen LogP contribution in [0.3, 0.4) is 0 Å². The van der Waals surface area contributed by atoms with Crippen molar-refractivity contribution < 1.29 is 31.1 Å². The van der Waals surface area contributed by atoms with Gasteiger partial charge in [0.2, 0.25) is 0 Å². The number of alkyl halides is 2. The van der Waals surface area contributed by atoms with Gasteiger partial charge in [0.1, 0.15) is 40.7 Å². The van der Waals surface area contributed by atoms with Crippen LogP contribution in [-0.2, 0) is 6.11 Å². The molecule has 1 fully saturated rings. The zero-order chi connectivity index (χ0) is 31.4. The summed E-state index contributed by atoms with van der Waals surface area (Å²) in [6, 6.07) is 17.1. The van der Waals surface area contributed by atoms with E-state index in [1.54, 1.807) is 6.07 Å². The largest absolute Gasteiger partial charge is 0.432 e. The van der Waals surface area contributed by atoms with Crippen LogP contribution in [0.25, 0.3) is 22.3 Å². The summed E-state index contributed by atoms with van der Waals surface area (Å²) in [6.45, 7) is 2.13. The zero-order valence-corrected chi connectivity index (χ0v) is 23.9. The van der Waals surface area contributed by atoms with Crippen molar-refractivity contribution in [3.8, 4) is 34.1 Å². The van der Waals surface area contributed by atoms with E-state index in [1.807, 2.05) is 24.3 Å². The van der Waals surface area contributed by atoms with E-state index in [9.17, 15) is 22.0 Å². The molecule has 8 heteroatoms. The predicted molar refractivity (Wildman–Crippen MR) is 157 cm³/mol. The number of halogens is 6. The van der Waals surface area contributed by atoms with Crippen LogP contribution < -0.4 is 4.74 Å². The normalized spacial score (nSPS) is 17.0. The van der Waals surface area contributed by atoms with Crippen molar-refractivity contribution in [2.45, 2.75) is 51.1 Å². The number of allylic oxidation sites excluding steroid dienone is 2. The minimum absolute atomic E-state index is 0.179. The molecule has 0 aliphatic heterocycles. The Balaban J connectivity index is 1.32. The van der Waals surface area contributed by atoms with Gasteiger partial charge in [-0.1, -0.05) is 55.5 Å². The number of hydrogen-bond donors (Lipinski definition) is 0. The fourth-order valence-electron chi connectivity index (χ4n) is 5.71. The van der Waals surface area contributed by atoms with Crippen LogP contribution in [0.15, 0.2) is 84.9 Å². The van der Waals surface area contributed by atoms with Crippen LogP contribution in [0.4, 0.5) is 26.3 Å². The molecule has 0 unspecified atom stereocenters. The molecule has 226 valence electrons. The third kappa shape index (κ3) is 6.67. The van der Waals surface area contributed by atoms with Crippen LogP contribution in [0.1, 0.15) is 61.6 Å². The van der Waals surface area contributed by atoms with Crippen molar-refractivity contribution in [1.29, 1.82) is 5.26 Å². The quantitative estimate of drug-likeness (QED) is 0.148. The van der Waals surface area contributed by atoms with Crippen molar-refractivity contribution in [2.75, 3.05) is 0 Å². The molecule has 0 aromatic heterocycles. The van der Waals surface area contributed by atoms with E-state index in [2.05, 4.69) is 23.8 Å². The highest BCUT2D eigenvalue weighted by atomic mass is 19.3. The molecule has 5 rings (SSSR count). The van der Waals surface area contributed by atoms with Crippen LogP contribution in [0.2, 0.25) is 0 Å². The molecule has 0 heterocycles. The van der Waals surface area contributed by atoms with E-state index in [0.717, 1.165) is 49.8 Å². The summed E-state index contributed by atoms with van der Waals surface area (Å²) in [5.41, 5.74) is -0.0368. The molecule has 44 heavy (non-hydrogen) atoms. The fraction of sp³-hybridized carbons (Fsp3) is 0.250. The molecule has 1 aliphatic carbocycles. The molecule has 0 spiro atoms. The lowest BCUT2D eigenvalue weighted by molar-refractivity contribution is -0.189. The summed E-state index contributed by atoms with van der Waals surface area (Å²) in [6.07, 6.45) is 5.58. The van der Waals surface area contributed by atoms with E-state index >= 15 is 4.39 Å². The molecule has 0 atom stereocenters. The maximum atomic E-state index is 15.2. The van der Waals surface area contributed by atoms with Gasteiger partial charge in [0.25, 0.3) is 0 Å².